The van der Waals surface area contributed by atoms with E-state index in [9.17, 15) is 4.79 Å². The van der Waals surface area contributed by atoms with Gasteiger partial charge in [0, 0.05) is 6.42 Å². The Morgan fingerprint density at radius 3 is 2.62 bits per heavy atom. The van der Waals surface area contributed by atoms with Crippen molar-refractivity contribution < 1.29 is 14.3 Å². The highest BCUT2D eigenvalue weighted by molar-refractivity contribution is 5.93. The Morgan fingerprint density at radius 2 is 1.95 bits per heavy atom. The topological polar surface area (TPSA) is 35.5 Å². The summed E-state index contributed by atoms with van der Waals surface area (Å²) in [5.41, 5.74) is 0.247. The van der Waals surface area contributed by atoms with Crippen LogP contribution in [0.3, 0.4) is 0 Å². The number of hydrogen-bond acceptors (Lipinski definition) is 3. The van der Waals surface area contributed by atoms with Crippen LogP contribution >= 0.6 is 0 Å². The minimum absolute atomic E-state index is 0.247. The molecule has 0 unspecified atom stereocenters. The van der Waals surface area contributed by atoms with Crippen molar-refractivity contribution in [3.63, 3.8) is 0 Å². The Bertz CT molecular complexity index is 506. The van der Waals surface area contributed by atoms with E-state index >= 15 is 0 Å². The molecule has 0 saturated heterocycles. The van der Waals surface area contributed by atoms with Crippen LogP contribution in [-0.2, 0) is 9.53 Å². The van der Waals surface area contributed by atoms with E-state index in [1.807, 2.05) is 30.3 Å². The highest BCUT2D eigenvalue weighted by Crippen LogP contribution is 2.10. The first-order valence-corrected chi connectivity index (χ1v) is 7.35. The monoisotopic (exact) mass is 286 g/mol. The second-order valence-electron chi connectivity index (χ2n) is 4.44. The number of hydrogen-bond donors (Lipinski definition) is 0. The molecule has 1 rings (SSSR count). The zero-order valence-electron chi connectivity index (χ0n) is 12.7. The molecule has 21 heavy (non-hydrogen) atoms. The predicted octanol–water partition coefficient (Wildman–Crippen LogP) is 4.10. The Morgan fingerprint density at radius 1 is 1.19 bits per heavy atom. The van der Waals surface area contributed by atoms with Crippen LogP contribution in [0.5, 0.6) is 5.75 Å². The van der Waals surface area contributed by atoms with E-state index in [0.717, 1.165) is 25.7 Å². The highest BCUT2D eigenvalue weighted by atomic mass is 16.5. The quantitative estimate of drug-likeness (QED) is 0.249. The summed E-state index contributed by atoms with van der Waals surface area (Å²) >= 11 is 0. The van der Waals surface area contributed by atoms with Crippen LogP contribution in [-0.4, -0.2) is 12.6 Å². The molecule has 0 amide bonds. The molecule has 0 aliphatic rings. The van der Waals surface area contributed by atoms with Gasteiger partial charge in [0.25, 0.3) is 0 Å². The van der Waals surface area contributed by atoms with Gasteiger partial charge in [-0.1, -0.05) is 49.8 Å². The normalized spacial score (nSPS) is 10.5. The number of ether oxygens (including phenoxy) is 2. The first-order chi connectivity index (χ1) is 10.3. The second-order valence-corrected chi connectivity index (χ2v) is 4.44. The lowest BCUT2D eigenvalue weighted by molar-refractivity contribution is -0.138. The Labute approximate surface area is 127 Å². The molecule has 3 heteroatoms. The maximum Gasteiger partial charge on any atom is 0.349 e. The Kier molecular flexibility index (Phi) is 8.47. The van der Waals surface area contributed by atoms with E-state index in [1.54, 1.807) is 6.92 Å². The van der Waals surface area contributed by atoms with Crippen LogP contribution in [0.4, 0.5) is 0 Å². The van der Waals surface area contributed by atoms with Gasteiger partial charge in [-0.25, -0.2) is 4.79 Å². The number of esters is 1. The lowest BCUT2D eigenvalue weighted by Gasteiger charge is -2.02. The summed E-state index contributed by atoms with van der Waals surface area (Å²) in [6.07, 6.45) is 5.47. The van der Waals surface area contributed by atoms with Crippen molar-refractivity contribution in [2.75, 3.05) is 6.61 Å². The summed E-state index contributed by atoms with van der Waals surface area (Å²) in [6.45, 7) is 4.23. The van der Waals surface area contributed by atoms with Crippen molar-refractivity contribution in [2.45, 2.75) is 39.5 Å². The number of carbonyl (C=O) groups excluding carboxylic acids is 1. The van der Waals surface area contributed by atoms with Gasteiger partial charge in [0.1, 0.15) is 17.6 Å². The molecule has 1 aromatic rings. The smallest absolute Gasteiger partial charge is 0.349 e. The molecular weight excluding hydrogens is 264 g/mol. The average Bonchev–Trinajstić information content (AvgIpc) is 2.51. The van der Waals surface area contributed by atoms with Gasteiger partial charge < -0.3 is 9.47 Å². The minimum Gasteiger partial charge on any atom is -0.463 e. The molecule has 0 spiro atoms. The van der Waals surface area contributed by atoms with Crippen LogP contribution in [0.1, 0.15) is 39.5 Å². The molecule has 112 valence electrons. The standard InChI is InChI=1S/C18H22O3/c1-3-5-6-7-9-12-16(18(19)20-4-2)15-21-17-13-10-8-11-14-17/h8,10-11,13-15H,3-7H2,1-2H3/b16-15+. The Balaban J connectivity index is 2.69. The molecule has 0 N–H and O–H groups in total. The fourth-order valence-corrected chi connectivity index (χ4v) is 1.58. The zero-order valence-corrected chi connectivity index (χ0v) is 12.7. The van der Waals surface area contributed by atoms with E-state index in [0.29, 0.717) is 12.4 Å². The molecule has 0 fully saturated rings. The van der Waals surface area contributed by atoms with Gasteiger partial charge in [-0.15, -0.1) is 0 Å². The molecule has 0 radical (unpaired) electrons. The molecule has 0 aliphatic carbocycles. The highest BCUT2D eigenvalue weighted by Gasteiger charge is 2.08. The van der Waals surface area contributed by atoms with Crippen LogP contribution in [0.25, 0.3) is 0 Å². The summed E-state index contributed by atoms with van der Waals surface area (Å²) in [4.78, 5) is 11.8. The third-order valence-corrected chi connectivity index (χ3v) is 2.68. The average molecular weight is 286 g/mol. The van der Waals surface area contributed by atoms with Gasteiger partial charge in [0.2, 0.25) is 0 Å². The molecular formula is C18H22O3. The van der Waals surface area contributed by atoms with Gasteiger partial charge in [-0.2, -0.15) is 0 Å². The van der Waals surface area contributed by atoms with Crippen LogP contribution in [0.15, 0.2) is 42.2 Å². The fourth-order valence-electron chi connectivity index (χ4n) is 1.58. The van der Waals surface area contributed by atoms with Crippen LogP contribution < -0.4 is 4.74 Å². The van der Waals surface area contributed by atoms with E-state index < -0.39 is 5.97 Å². The summed E-state index contributed by atoms with van der Waals surface area (Å²) in [7, 11) is 0. The number of carbonyl (C=O) groups is 1. The van der Waals surface area contributed by atoms with Gasteiger partial charge in [0.05, 0.1) is 6.61 Å². The number of rotatable bonds is 7. The van der Waals surface area contributed by atoms with Gasteiger partial charge in [0.15, 0.2) is 0 Å². The van der Waals surface area contributed by atoms with Crippen molar-refractivity contribution in [3.05, 3.63) is 42.2 Å². The third kappa shape index (κ3) is 7.22. The molecule has 0 bridgehead atoms. The van der Waals surface area contributed by atoms with Crippen LogP contribution in [0.2, 0.25) is 0 Å². The summed E-state index contributed by atoms with van der Waals surface area (Å²) < 4.78 is 10.4. The van der Waals surface area contributed by atoms with Crippen molar-refractivity contribution in [1.82, 2.24) is 0 Å². The molecule has 0 aliphatic heterocycles. The van der Waals surface area contributed by atoms with Crippen molar-refractivity contribution in [2.24, 2.45) is 0 Å². The maximum absolute atomic E-state index is 11.8. The Hall–Kier alpha value is -2.21. The van der Waals surface area contributed by atoms with E-state index in [4.69, 9.17) is 9.47 Å². The SMILES string of the molecule is CCCCCC#C/C(=C\Oc1ccccc1)C(=O)OCC. The number of benzene rings is 1. The molecule has 1 aromatic carbocycles. The van der Waals surface area contributed by atoms with Crippen LogP contribution in [0, 0.1) is 11.8 Å². The largest absolute Gasteiger partial charge is 0.463 e. The number of para-hydroxylation sites is 1. The van der Waals surface area contributed by atoms with Gasteiger partial charge in [-0.3, -0.25) is 0 Å². The van der Waals surface area contributed by atoms with Crippen molar-refractivity contribution >= 4 is 5.97 Å². The molecule has 0 heterocycles. The summed E-state index contributed by atoms with van der Waals surface area (Å²) in [6, 6.07) is 9.26. The fraction of sp³-hybridized carbons (Fsp3) is 0.389. The lowest BCUT2D eigenvalue weighted by atomic mass is 10.2. The summed E-state index contributed by atoms with van der Waals surface area (Å²) in [5.74, 6) is 6.05. The van der Waals surface area contributed by atoms with Gasteiger partial charge >= 0.3 is 5.97 Å². The van der Waals surface area contributed by atoms with E-state index in [2.05, 4.69) is 18.8 Å². The molecule has 0 aromatic heterocycles. The van der Waals surface area contributed by atoms with E-state index in [1.165, 1.54) is 6.26 Å². The molecule has 3 nitrogen and oxygen atoms in total. The molecule has 0 saturated carbocycles. The predicted molar refractivity (Wildman–Crippen MR) is 83.7 cm³/mol. The van der Waals surface area contributed by atoms with Crippen molar-refractivity contribution in [3.8, 4) is 17.6 Å². The number of unbranched alkanes of at least 4 members (excludes halogenated alkanes) is 3. The van der Waals surface area contributed by atoms with Crippen molar-refractivity contribution in [1.29, 1.82) is 0 Å². The second kappa shape index (κ2) is 10.6. The third-order valence-electron chi connectivity index (χ3n) is 2.68. The maximum atomic E-state index is 11.8. The zero-order chi connectivity index (χ0) is 15.3. The molecule has 0 atom stereocenters. The first kappa shape index (κ1) is 16.8. The van der Waals surface area contributed by atoms with Gasteiger partial charge in [-0.05, 0) is 25.5 Å². The van der Waals surface area contributed by atoms with E-state index in [-0.39, 0.29) is 5.57 Å². The lowest BCUT2D eigenvalue weighted by Crippen LogP contribution is -2.07. The first-order valence-electron chi connectivity index (χ1n) is 7.35. The minimum atomic E-state index is -0.448. The summed E-state index contributed by atoms with van der Waals surface area (Å²) in [5, 5.41) is 0.